The molecule has 0 bridgehead atoms. The molecule has 10 heteroatoms. The third kappa shape index (κ3) is 5.41. The molecule has 3 aliphatic rings. The summed E-state index contributed by atoms with van der Waals surface area (Å²) in [7, 11) is 1.86. The molecule has 1 aromatic carbocycles. The molecule has 0 unspecified atom stereocenters. The smallest absolute Gasteiger partial charge is 0.478 e. The number of benzene rings is 1. The number of aryl methyl sites for hydroxylation is 1. The van der Waals surface area contributed by atoms with E-state index in [0.29, 0.717) is 41.4 Å². The molecule has 40 heavy (non-hydrogen) atoms. The topological polar surface area (TPSA) is 86.7 Å². The minimum absolute atomic E-state index is 0.0227. The van der Waals surface area contributed by atoms with Crippen molar-refractivity contribution in [2.75, 3.05) is 0 Å². The molecule has 0 amide bonds. The molecule has 1 N–H and O–H groups in total. The first-order valence-electron chi connectivity index (χ1n) is 13.8. The molecule has 2 fully saturated rings. The lowest BCUT2D eigenvalue weighted by atomic mass is 9.82. The molecule has 3 aromatic rings. The third-order valence-corrected chi connectivity index (χ3v) is 8.26. The van der Waals surface area contributed by atoms with Crippen molar-refractivity contribution in [3.05, 3.63) is 70.5 Å². The van der Waals surface area contributed by atoms with Crippen LogP contribution in [0.1, 0.15) is 96.1 Å². The SMILES string of the molecule is Cn1cc(C(=O)O)c2ccc(C3CCC(OCc4c(C5=C(OC(F)(F)F)C=CCC5)noc4C4CC4)CC3)cc21. The fourth-order valence-corrected chi connectivity index (χ4v) is 6.05. The zero-order valence-electron chi connectivity index (χ0n) is 22.2. The summed E-state index contributed by atoms with van der Waals surface area (Å²) < 4.78 is 57.4. The fourth-order valence-electron chi connectivity index (χ4n) is 6.05. The van der Waals surface area contributed by atoms with Crippen molar-refractivity contribution >= 4 is 22.4 Å². The Balaban J connectivity index is 1.15. The highest BCUT2D eigenvalue weighted by Gasteiger charge is 2.37. The number of fused-ring (bicyclic) bond motifs is 1. The first kappa shape index (κ1) is 26.7. The average molecular weight is 557 g/mol. The standard InChI is InChI=1S/C30H31F3N2O5/c1-35-15-23(29(36)37)21-13-10-19(14-25(21)35)17-8-11-20(12-9-17)38-16-24-27(34-40-28(24)18-6-7-18)22-4-2-3-5-26(22)39-30(31,32)33/h3,5,10,13-15,17-18,20H,2,4,6-9,11-12,16H2,1H3,(H,36,37). The molecule has 6 rings (SSSR count). The monoisotopic (exact) mass is 556 g/mol. The number of aromatic nitrogens is 2. The van der Waals surface area contributed by atoms with E-state index in [-0.39, 0.29) is 24.4 Å². The summed E-state index contributed by atoms with van der Waals surface area (Å²) >= 11 is 0. The van der Waals surface area contributed by atoms with Gasteiger partial charge in [-0.15, -0.1) is 13.2 Å². The van der Waals surface area contributed by atoms with Crippen LogP contribution in [0.5, 0.6) is 0 Å². The number of nitrogens with zero attached hydrogens (tertiary/aromatic N) is 2. The van der Waals surface area contributed by atoms with E-state index in [2.05, 4.69) is 16.0 Å². The number of halogens is 3. The first-order valence-corrected chi connectivity index (χ1v) is 13.8. The number of aromatic carboxylic acids is 1. The molecule has 3 aliphatic carbocycles. The summed E-state index contributed by atoms with van der Waals surface area (Å²) in [6, 6.07) is 6.01. The number of carboxylic acids is 1. The van der Waals surface area contributed by atoms with Crippen LogP contribution in [0, 0.1) is 0 Å². The number of allylic oxidation sites excluding steroid dienone is 3. The molecule has 0 saturated heterocycles. The number of rotatable bonds is 8. The van der Waals surface area contributed by atoms with Crippen LogP contribution >= 0.6 is 0 Å². The van der Waals surface area contributed by atoms with Crippen molar-refractivity contribution < 1.29 is 37.1 Å². The zero-order chi connectivity index (χ0) is 28.0. The maximum Gasteiger partial charge on any atom is 0.573 e. The summed E-state index contributed by atoms with van der Waals surface area (Å²) in [6.07, 6.45) is 6.39. The lowest BCUT2D eigenvalue weighted by Gasteiger charge is -2.29. The van der Waals surface area contributed by atoms with Crippen LogP contribution in [0.3, 0.4) is 0 Å². The number of alkyl halides is 3. The summed E-state index contributed by atoms with van der Waals surface area (Å²) in [5, 5.41) is 14.4. The summed E-state index contributed by atoms with van der Waals surface area (Å²) in [5.74, 6) is 0.130. The Kier molecular flexibility index (Phi) is 6.98. The Labute approximate surface area is 229 Å². The van der Waals surface area contributed by atoms with Gasteiger partial charge in [0, 0.05) is 41.2 Å². The van der Waals surface area contributed by atoms with E-state index < -0.39 is 12.3 Å². The van der Waals surface area contributed by atoms with Crippen LogP contribution in [-0.4, -0.2) is 33.3 Å². The normalized spacial score (nSPS) is 21.8. The maximum absolute atomic E-state index is 13.1. The molecular weight excluding hydrogens is 525 g/mol. The second-order valence-corrected chi connectivity index (χ2v) is 11.0. The molecule has 0 spiro atoms. The van der Waals surface area contributed by atoms with Crippen LogP contribution in [0.4, 0.5) is 13.2 Å². The van der Waals surface area contributed by atoms with Crippen LogP contribution in [0.25, 0.3) is 16.5 Å². The molecule has 7 nitrogen and oxygen atoms in total. The minimum atomic E-state index is -4.79. The van der Waals surface area contributed by atoms with Gasteiger partial charge in [0.15, 0.2) is 0 Å². The van der Waals surface area contributed by atoms with Crippen molar-refractivity contribution in [1.82, 2.24) is 9.72 Å². The van der Waals surface area contributed by atoms with Crippen molar-refractivity contribution in [2.24, 2.45) is 7.05 Å². The van der Waals surface area contributed by atoms with Crippen LogP contribution in [0.2, 0.25) is 0 Å². The van der Waals surface area contributed by atoms with E-state index in [1.165, 1.54) is 11.6 Å². The van der Waals surface area contributed by atoms with Crippen LogP contribution in [0.15, 0.2) is 46.8 Å². The summed E-state index contributed by atoms with van der Waals surface area (Å²) in [4.78, 5) is 11.5. The second-order valence-electron chi connectivity index (χ2n) is 11.0. The van der Waals surface area contributed by atoms with Gasteiger partial charge in [0.2, 0.25) is 0 Å². The highest BCUT2D eigenvalue weighted by atomic mass is 19.4. The summed E-state index contributed by atoms with van der Waals surface area (Å²) in [5.41, 5.74) is 3.95. The van der Waals surface area contributed by atoms with Gasteiger partial charge in [-0.2, -0.15) is 0 Å². The van der Waals surface area contributed by atoms with Crippen molar-refractivity contribution in [3.8, 4) is 0 Å². The second kappa shape index (κ2) is 10.5. The molecule has 2 saturated carbocycles. The Morgan fingerprint density at radius 2 is 1.90 bits per heavy atom. The number of hydrogen-bond donors (Lipinski definition) is 1. The van der Waals surface area contributed by atoms with Gasteiger partial charge in [0.25, 0.3) is 0 Å². The molecule has 2 aromatic heterocycles. The largest absolute Gasteiger partial charge is 0.573 e. The lowest BCUT2D eigenvalue weighted by molar-refractivity contribution is -0.303. The number of hydrogen-bond acceptors (Lipinski definition) is 5. The fraction of sp³-hybridized carbons (Fsp3) is 0.467. The predicted molar refractivity (Wildman–Crippen MR) is 141 cm³/mol. The van der Waals surface area contributed by atoms with Gasteiger partial charge in [-0.1, -0.05) is 23.4 Å². The maximum atomic E-state index is 13.1. The number of carboxylic acid groups (broad SMARTS) is 1. The number of carbonyl (C=O) groups is 1. The van der Waals surface area contributed by atoms with Gasteiger partial charge in [0.1, 0.15) is 17.2 Å². The van der Waals surface area contributed by atoms with Gasteiger partial charge in [-0.25, -0.2) is 4.79 Å². The van der Waals surface area contributed by atoms with Crippen molar-refractivity contribution in [1.29, 1.82) is 0 Å². The first-order chi connectivity index (χ1) is 19.2. The van der Waals surface area contributed by atoms with E-state index >= 15 is 0 Å². The summed E-state index contributed by atoms with van der Waals surface area (Å²) in [6.45, 7) is 0.236. The minimum Gasteiger partial charge on any atom is -0.478 e. The quantitative estimate of drug-likeness (QED) is 0.308. The highest BCUT2D eigenvalue weighted by molar-refractivity contribution is 6.03. The predicted octanol–water partition coefficient (Wildman–Crippen LogP) is 7.58. The zero-order valence-corrected chi connectivity index (χ0v) is 22.2. The molecule has 212 valence electrons. The van der Waals surface area contributed by atoms with E-state index in [9.17, 15) is 23.1 Å². The van der Waals surface area contributed by atoms with E-state index in [1.54, 1.807) is 12.3 Å². The Bertz CT molecular complexity index is 1490. The molecule has 2 heterocycles. The Morgan fingerprint density at radius 3 is 2.60 bits per heavy atom. The third-order valence-electron chi connectivity index (χ3n) is 8.26. The van der Waals surface area contributed by atoms with Gasteiger partial charge >= 0.3 is 12.3 Å². The molecule has 0 atom stereocenters. The van der Waals surface area contributed by atoms with Crippen LogP contribution in [-0.2, 0) is 23.1 Å². The van der Waals surface area contributed by atoms with Gasteiger partial charge in [-0.05, 0) is 75.0 Å². The van der Waals surface area contributed by atoms with Crippen molar-refractivity contribution in [2.45, 2.75) is 82.3 Å². The van der Waals surface area contributed by atoms with E-state index in [0.717, 1.165) is 55.0 Å². The van der Waals surface area contributed by atoms with Gasteiger partial charge in [0.05, 0.1) is 18.3 Å². The van der Waals surface area contributed by atoms with E-state index in [4.69, 9.17) is 9.26 Å². The van der Waals surface area contributed by atoms with E-state index in [1.807, 2.05) is 23.7 Å². The van der Waals surface area contributed by atoms with Crippen LogP contribution < -0.4 is 0 Å². The Morgan fingerprint density at radius 1 is 1.15 bits per heavy atom. The number of ether oxygens (including phenoxy) is 2. The molecule has 0 aliphatic heterocycles. The highest BCUT2D eigenvalue weighted by Crippen LogP contribution is 2.45. The Hall–Kier alpha value is -3.53. The van der Waals surface area contributed by atoms with Gasteiger partial charge in [-0.3, -0.25) is 0 Å². The molecular formula is C30H31F3N2O5. The lowest BCUT2D eigenvalue weighted by Crippen LogP contribution is -2.21. The van der Waals surface area contributed by atoms with Crippen molar-refractivity contribution in [3.63, 3.8) is 0 Å². The average Bonchev–Trinajstić information content (AvgIpc) is 3.60. The molecule has 0 radical (unpaired) electrons. The van der Waals surface area contributed by atoms with Gasteiger partial charge < -0.3 is 23.7 Å².